The van der Waals surface area contributed by atoms with E-state index in [-0.39, 0.29) is 11.8 Å². The van der Waals surface area contributed by atoms with E-state index < -0.39 is 6.04 Å². The van der Waals surface area contributed by atoms with Gasteiger partial charge in [0.1, 0.15) is 6.04 Å². The largest absolute Gasteiger partial charge is 0.354 e. The van der Waals surface area contributed by atoms with Gasteiger partial charge in [0, 0.05) is 28.7 Å². The van der Waals surface area contributed by atoms with Crippen LogP contribution in [0.25, 0.3) is 0 Å². The Hall–Kier alpha value is -1.30. The molecule has 1 N–H and O–H groups in total. The molecule has 0 spiro atoms. The van der Waals surface area contributed by atoms with Crippen LogP contribution in [0.5, 0.6) is 0 Å². The van der Waals surface area contributed by atoms with Crippen LogP contribution >= 0.6 is 23.2 Å². The summed E-state index contributed by atoms with van der Waals surface area (Å²) in [5.74, 6) is 0.576. The van der Waals surface area contributed by atoms with E-state index in [4.69, 9.17) is 23.2 Å². The summed E-state index contributed by atoms with van der Waals surface area (Å²) in [6.07, 6.45) is 4.97. The van der Waals surface area contributed by atoms with Gasteiger partial charge in [-0.15, -0.1) is 0 Å². The summed E-state index contributed by atoms with van der Waals surface area (Å²) >= 11 is 12.0. The second-order valence-electron chi connectivity index (χ2n) is 7.98. The molecule has 2 heterocycles. The third-order valence-corrected chi connectivity index (χ3v) is 6.19. The summed E-state index contributed by atoms with van der Waals surface area (Å²) in [6, 6.07) is 4.38. The molecule has 3 rings (SSSR count). The lowest BCUT2D eigenvalue weighted by atomic mass is 9.99. The van der Waals surface area contributed by atoms with Gasteiger partial charge in [-0.25, -0.2) is 0 Å². The second-order valence-corrected chi connectivity index (χ2v) is 8.86. The summed E-state index contributed by atoms with van der Waals surface area (Å²) in [4.78, 5) is 29.6. The van der Waals surface area contributed by atoms with E-state index in [1.807, 2.05) is 0 Å². The summed E-state index contributed by atoms with van der Waals surface area (Å²) in [7, 11) is 0. The number of nitrogens with one attached hydrogen (secondary N) is 1. The highest BCUT2D eigenvalue weighted by molar-refractivity contribution is 6.35. The van der Waals surface area contributed by atoms with Gasteiger partial charge in [0.2, 0.25) is 5.91 Å². The van der Waals surface area contributed by atoms with Crippen molar-refractivity contribution < 1.29 is 9.59 Å². The Morgan fingerprint density at radius 1 is 1.07 bits per heavy atom. The molecule has 7 heteroatoms. The molecular formula is C21H29Cl2N3O2. The number of carbonyl (C=O) groups excluding carboxylic acids is 2. The average Bonchev–Trinajstić information content (AvgIpc) is 3.15. The number of halogens is 2. The molecule has 0 aromatic heterocycles. The Kier molecular flexibility index (Phi) is 7.61. The molecule has 1 aromatic carbocycles. The third-order valence-electron chi connectivity index (χ3n) is 5.75. The van der Waals surface area contributed by atoms with E-state index in [9.17, 15) is 9.59 Å². The summed E-state index contributed by atoms with van der Waals surface area (Å²) in [6.45, 7) is 6.86. The Morgan fingerprint density at radius 3 is 2.43 bits per heavy atom. The van der Waals surface area contributed by atoms with Crippen LogP contribution in [-0.4, -0.2) is 60.4 Å². The van der Waals surface area contributed by atoms with Crippen molar-refractivity contribution in [1.29, 1.82) is 0 Å². The van der Waals surface area contributed by atoms with Crippen molar-refractivity contribution in [3.63, 3.8) is 0 Å². The Balaban J connectivity index is 1.48. The first kappa shape index (κ1) is 21.4. The molecule has 5 nitrogen and oxygen atoms in total. The molecule has 1 unspecified atom stereocenters. The monoisotopic (exact) mass is 425 g/mol. The number of hydrogen-bond donors (Lipinski definition) is 1. The number of rotatable bonds is 6. The molecule has 0 aliphatic carbocycles. The first-order chi connectivity index (χ1) is 13.4. The minimum absolute atomic E-state index is 0.0637. The van der Waals surface area contributed by atoms with Gasteiger partial charge in [0.15, 0.2) is 0 Å². The molecule has 28 heavy (non-hydrogen) atoms. The van der Waals surface area contributed by atoms with E-state index in [2.05, 4.69) is 17.1 Å². The summed E-state index contributed by atoms with van der Waals surface area (Å²) < 4.78 is 0. The van der Waals surface area contributed by atoms with Gasteiger partial charge in [-0.3, -0.25) is 9.59 Å². The standard InChI is InChI=1S/C21H29Cl2N3O2/c1-15-5-10-25(11-6-15)8-3-7-24-20(27)19-4-2-9-26(19)21(28)16-12-17(22)14-18(23)13-16/h12-15,19H,2-11H2,1H3,(H,24,27). The van der Waals surface area contributed by atoms with Crippen LogP contribution in [0.1, 0.15) is 49.4 Å². The van der Waals surface area contributed by atoms with E-state index >= 15 is 0 Å². The molecule has 2 saturated heterocycles. The maximum absolute atomic E-state index is 12.9. The van der Waals surface area contributed by atoms with Crippen LogP contribution in [0.2, 0.25) is 10.0 Å². The van der Waals surface area contributed by atoms with Gasteiger partial charge in [-0.1, -0.05) is 30.1 Å². The summed E-state index contributed by atoms with van der Waals surface area (Å²) in [5.41, 5.74) is 0.427. The summed E-state index contributed by atoms with van der Waals surface area (Å²) in [5, 5.41) is 3.86. The van der Waals surface area contributed by atoms with Crippen molar-refractivity contribution in [2.75, 3.05) is 32.7 Å². The van der Waals surface area contributed by atoms with Crippen molar-refractivity contribution in [2.45, 2.75) is 45.1 Å². The fraction of sp³-hybridized carbons (Fsp3) is 0.619. The lowest BCUT2D eigenvalue weighted by Crippen LogP contribution is -2.46. The first-order valence-corrected chi connectivity index (χ1v) is 11.0. The molecular weight excluding hydrogens is 397 g/mol. The Labute approximate surface area is 177 Å². The van der Waals surface area contributed by atoms with Gasteiger partial charge in [-0.05, 0) is 75.9 Å². The lowest BCUT2D eigenvalue weighted by Gasteiger charge is -2.30. The number of piperidine rings is 1. The zero-order valence-electron chi connectivity index (χ0n) is 16.4. The maximum Gasteiger partial charge on any atom is 0.254 e. The molecule has 0 bridgehead atoms. The molecule has 2 aliphatic heterocycles. The van der Waals surface area contributed by atoms with E-state index in [0.717, 1.165) is 38.4 Å². The van der Waals surface area contributed by atoms with Crippen molar-refractivity contribution in [3.05, 3.63) is 33.8 Å². The molecule has 1 atom stereocenters. The van der Waals surface area contributed by atoms with E-state index in [1.165, 1.54) is 12.8 Å². The number of hydrogen-bond acceptors (Lipinski definition) is 3. The zero-order valence-corrected chi connectivity index (χ0v) is 17.9. The predicted molar refractivity (Wildman–Crippen MR) is 113 cm³/mol. The molecule has 2 fully saturated rings. The Morgan fingerprint density at radius 2 is 1.75 bits per heavy atom. The molecule has 0 saturated carbocycles. The smallest absolute Gasteiger partial charge is 0.254 e. The van der Waals surface area contributed by atoms with Gasteiger partial charge in [0.05, 0.1) is 0 Å². The first-order valence-electron chi connectivity index (χ1n) is 10.2. The zero-order chi connectivity index (χ0) is 20.1. The van der Waals surface area contributed by atoms with Gasteiger partial charge in [0.25, 0.3) is 5.91 Å². The highest BCUT2D eigenvalue weighted by atomic mass is 35.5. The minimum atomic E-state index is -0.416. The van der Waals surface area contributed by atoms with Crippen molar-refractivity contribution in [3.8, 4) is 0 Å². The number of amides is 2. The van der Waals surface area contributed by atoms with Gasteiger partial charge >= 0.3 is 0 Å². The van der Waals surface area contributed by atoms with E-state index in [0.29, 0.717) is 35.1 Å². The molecule has 1 aromatic rings. The highest BCUT2D eigenvalue weighted by Crippen LogP contribution is 2.24. The minimum Gasteiger partial charge on any atom is -0.354 e. The lowest BCUT2D eigenvalue weighted by molar-refractivity contribution is -0.124. The van der Waals surface area contributed by atoms with Crippen LogP contribution < -0.4 is 5.32 Å². The normalized spacial score (nSPS) is 21.1. The fourth-order valence-corrected chi connectivity index (χ4v) is 4.57. The van der Waals surface area contributed by atoms with Crippen molar-refractivity contribution in [2.24, 2.45) is 5.92 Å². The van der Waals surface area contributed by atoms with Crippen molar-refractivity contribution >= 4 is 35.0 Å². The van der Waals surface area contributed by atoms with Gasteiger partial charge in [-0.2, -0.15) is 0 Å². The second kappa shape index (κ2) is 9.95. The maximum atomic E-state index is 12.9. The average molecular weight is 426 g/mol. The third kappa shape index (κ3) is 5.62. The Bertz CT molecular complexity index is 685. The fourth-order valence-electron chi connectivity index (χ4n) is 4.04. The number of benzene rings is 1. The van der Waals surface area contributed by atoms with Crippen LogP contribution in [0.3, 0.4) is 0 Å². The molecule has 2 amide bonds. The number of carbonyl (C=O) groups is 2. The SMILES string of the molecule is CC1CCN(CCCNC(=O)C2CCCN2C(=O)c2cc(Cl)cc(Cl)c2)CC1. The van der Waals surface area contributed by atoms with Crippen LogP contribution in [-0.2, 0) is 4.79 Å². The highest BCUT2D eigenvalue weighted by Gasteiger charge is 2.34. The quantitative estimate of drug-likeness (QED) is 0.704. The van der Waals surface area contributed by atoms with Gasteiger partial charge < -0.3 is 15.1 Å². The number of likely N-dealkylation sites (tertiary alicyclic amines) is 2. The van der Waals surface area contributed by atoms with Crippen LogP contribution in [0, 0.1) is 5.92 Å². The van der Waals surface area contributed by atoms with Crippen LogP contribution in [0.15, 0.2) is 18.2 Å². The molecule has 154 valence electrons. The molecule has 0 radical (unpaired) electrons. The van der Waals surface area contributed by atoms with Crippen molar-refractivity contribution in [1.82, 2.24) is 15.1 Å². The predicted octanol–water partition coefficient (Wildman–Crippen LogP) is 3.84. The number of nitrogens with zero attached hydrogens (tertiary/aromatic N) is 2. The molecule has 2 aliphatic rings. The van der Waals surface area contributed by atoms with Crippen LogP contribution in [0.4, 0.5) is 0 Å². The van der Waals surface area contributed by atoms with E-state index in [1.54, 1.807) is 23.1 Å². The topological polar surface area (TPSA) is 52.7 Å².